The van der Waals surface area contributed by atoms with E-state index in [1.54, 1.807) is 0 Å². The summed E-state index contributed by atoms with van der Waals surface area (Å²) in [6, 6.07) is 18.1. The fraction of sp³-hybridized carbons (Fsp3) is 0.318. The lowest BCUT2D eigenvalue weighted by atomic mass is 9.86. The summed E-state index contributed by atoms with van der Waals surface area (Å²) in [6.07, 6.45) is 2.40. The topological polar surface area (TPSA) is 51.2 Å². The molecule has 2 aliphatic rings. The average molecular weight is 364 g/mol. The Labute approximate surface area is 152 Å². The Hall–Kier alpha value is -2.20. The summed E-state index contributed by atoms with van der Waals surface area (Å²) in [4.78, 5) is 13.4. The van der Waals surface area contributed by atoms with E-state index in [9.17, 15) is 13.2 Å². The number of carbonyl (C=O) groups is 1. The highest BCUT2D eigenvalue weighted by Gasteiger charge is 2.48. The first-order valence-corrected chi connectivity index (χ1v) is 10.8. The standard InChI is InChI=1S/C22H20O3S/c23-22(15-11-16-9-10-17(12-15)26(16,24)25)21-13-14-5-1-2-6-18(14)19-7-3-4-8-20(19)21/h1-8,13,15-17H,9-12H2. The molecule has 2 aliphatic heterocycles. The molecule has 26 heavy (non-hydrogen) atoms. The van der Waals surface area contributed by atoms with Crippen molar-refractivity contribution in [3.8, 4) is 0 Å². The first-order chi connectivity index (χ1) is 12.6. The van der Waals surface area contributed by atoms with Crippen LogP contribution in [0.1, 0.15) is 36.0 Å². The molecule has 0 spiro atoms. The van der Waals surface area contributed by atoms with Crippen molar-refractivity contribution >= 4 is 37.2 Å². The van der Waals surface area contributed by atoms with Crippen molar-refractivity contribution in [2.24, 2.45) is 5.92 Å². The highest BCUT2D eigenvalue weighted by atomic mass is 32.2. The molecule has 0 saturated carbocycles. The minimum Gasteiger partial charge on any atom is -0.294 e. The number of hydrogen-bond acceptors (Lipinski definition) is 3. The van der Waals surface area contributed by atoms with Gasteiger partial charge in [-0.25, -0.2) is 8.42 Å². The van der Waals surface area contributed by atoms with Crippen LogP contribution in [-0.2, 0) is 9.84 Å². The molecule has 3 aromatic rings. The number of fused-ring (bicyclic) bond motifs is 5. The van der Waals surface area contributed by atoms with E-state index in [0.29, 0.717) is 12.8 Å². The Morgan fingerprint density at radius 2 is 1.38 bits per heavy atom. The molecule has 132 valence electrons. The molecule has 0 aliphatic carbocycles. The third kappa shape index (κ3) is 2.25. The van der Waals surface area contributed by atoms with Crippen LogP contribution in [0.5, 0.6) is 0 Å². The number of hydrogen-bond donors (Lipinski definition) is 0. The van der Waals surface area contributed by atoms with Crippen LogP contribution in [-0.4, -0.2) is 24.7 Å². The molecule has 3 aromatic carbocycles. The number of sulfone groups is 1. The van der Waals surface area contributed by atoms with Gasteiger partial charge in [-0.1, -0.05) is 48.5 Å². The number of carbonyl (C=O) groups excluding carboxylic acids is 1. The largest absolute Gasteiger partial charge is 0.294 e. The van der Waals surface area contributed by atoms with E-state index >= 15 is 0 Å². The SMILES string of the molecule is O=C(c1cc2ccccc2c2ccccc12)C1CC2CCC(C1)S2(=O)=O. The first kappa shape index (κ1) is 16.0. The Morgan fingerprint density at radius 3 is 2.08 bits per heavy atom. The number of benzene rings is 3. The van der Waals surface area contributed by atoms with E-state index in [2.05, 4.69) is 12.1 Å². The molecular weight excluding hydrogens is 344 g/mol. The van der Waals surface area contributed by atoms with E-state index < -0.39 is 9.84 Å². The van der Waals surface area contributed by atoms with Crippen LogP contribution in [0.2, 0.25) is 0 Å². The van der Waals surface area contributed by atoms with Gasteiger partial charge in [0.05, 0.1) is 10.5 Å². The fourth-order valence-electron chi connectivity index (χ4n) is 4.90. The predicted molar refractivity (Wildman–Crippen MR) is 104 cm³/mol. The van der Waals surface area contributed by atoms with E-state index in [1.165, 1.54) is 0 Å². The number of Topliss-reactive ketones (excluding diaryl/α,β-unsaturated/α-hetero) is 1. The third-order valence-corrected chi connectivity index (χ3v) is 8.95. The zero-order chi connectivity index (χ0) is 17.9. The molecular formula is C22H20O3S. The quantitative estimate of drug-likeness (QED) is 0.496. The maximum absolute atomic E-state index is 13.4. The third-order valence-electron chi connectivity index (χ3n) is 6.24. The Balaban J connectivity index is 1.64. The van der Waals surface area contributed by atoms with Crippen LogP contribution in [0, 0.1) is 5.92 Å². The van der Waals surface area contributed by atoms with Crippen LogP contribution in [0.15, 0.2) is 54.6 Å². The molecule has 0 amide bonds. The molecule has 2 fully saturated rings. The maximum Gasteiger partial charge on any atom is 0.166 e. The van der Waals surface area contributed by atoms with Crippen LogP contribution >= 0.6 is 0 Å². The van der Waals surface area contributed by atoms with E-state index in [1.807, 2.05) is 42.5 Å². The van der Waals surface area contributed by atoms with Crippen molar-refractivity contribution in [3.05, 3.63) is 60.2 Å². The minimum absolute atomic E-state index is 0.110. The van der Waals surface area contributed by atoms with Crippen molar-refractivity contribution in [2.75, 3.05) is 0 Å². The van der Waals surface area contributed by atoms with Gasteiger partial charge in [0.15, 0.2) is 15.6 Å². The molecule has 0 radical (unpaired) electrons. The van der Waals surface area contributed by atoms with Gasteiger partial charge in [0, 0.05) is 11.5 Å². The molecule has 5 rings (SSSR count). The van der Waals surface area contributed by atoms with Crippen molar-refractivity contribution < 1.29 is 13.2 Å². The summed E-state index contributed by atoms with van der Waals surface area (Å²) in [6.45, 7) is 0. The molecule has 2 atom stereocenters. The van der Waals surface area contributed by atoms with Gasteiger partial charge < -0.3 is 0 Å². The Bertz CT molecular complexity index is 1130. The molecule has 0 aromatic heterocycles. The van der Waals surface area contributed by atoms with Crippen molar-refractivity contribution in [2.45, 2.75) is 36.2 Å². The molecule has 4 heteroatoms. The van der Waals surface area contributed by atoms with E-state index in [4.69, 9.17) is 0 Å². The lowest BCUT2D eigenvalue weighted by Crippen LogP contribution is -2.36. The van der Waals surface area contributed by atoms with Gasteiger partial charge in [-0.2, -0.15) is 0 Å². The second kappa shape index (κ2) is 5.65. The summed E-state index contributed by atoms with van der Waals surface area (Å²) < 4.78 is 24.7. The number of ketones is 1. The first-order valence-electron chi connectivity index (χ1n) is 9.23. The van der Waals surface area contributed by atoms with Gasteiger partial charge in [0.1, 0.15) is 0 Å². The van der Waals surface area contributed by atoms with Crippen LogP contribution in [0.4, 0.5) is 0 Å². The monoisotopic (exact) mass is 364 g/mol. The average Bonchev–Trinajstić information content (AvgIpc) is 2.84. The second-order valence-electron chi connectivity index (χ2n) is 7.63. The summed E-state index contributed by atoms with van der Waals surface area (Å²) in [5.41, 5.74) is 0.739. The molecule has 3 nitrogen and oxygen atoms in total. The number of rotatable bonds is 2. The highest BCUT2D eigenvalue weighted by Crippen LogP contribution is 2.43. The molecule has 2 unspecified atom stereocenters. The predicted octanol–water partition coefficient (Wildman–Crippen LogP) is 4.53. The lowest BCUT2D eigenvalue weighted by molar-refractivity contribution is 0.0907. The van der Waals surface area contributed by atoms with Gasteiger partial charge in [-0.05, 0) is 53.3 Å². The Kier molecular flexibility index (Phi) is 3.48. The molecule has 0 N–H and O–H groups in total. The van der Waals surface area contributed by atoms with E-state index in [-0.39, 0.29) is 22.2 Å². The van der Waals surface area contributed by atoms with Crippen molar-refractivity contribution in [3.63, 3.8) is 0 Å². The van der Waals surface area contributed by atoms with E-state index in [0.717, 1.165) is 39.9 Å². The summed E-state index contributed by atoms with van der Waals surface area (Å²) in [5.74, 6) is -0.0700. The van der Waals surface area contributed by atoms with Gasteiger partial charge in [0.25, 0.3) is 0 Å². The normalized spacial score (nSPS) is 27.0. The van der Waals surface area contributed by atoms with Crippen LogP contribution < -0.4 is 0 Å². The van der Waals surface area contributed by atoms with Crippen LogP contribution in [0.25, 0.3) is 21.5 Å². The molecule has 2 heterocycles. The second-order valence-corrected chi connectivity index (χ2v) is 10.1. The maximum atomic E-state index is 13.4. The fourth-order valence-corrected chi connectivity index (χ4v) is 7.37. The summed E-state index contributed by atoms with van der Waals surface area (Å²) >= 11 is 0. The minimum atomic E-state index is -3.01. The van der Waals surface area contributed by atoms with Crippen LogP contribution in [0.3, 0.4) is 0 Å². The summed E-state index contributed by atoms with van der Waals surface area (Å²) in [5, 5.41) is 3.62. The highest BCUT2D eigenvalue weighted by molar-refractivity contribution is 7.93. The van der Waals surface area contributed by atoms with Gasteiger partial charge in [-0.15, -0.1) is 0 Å². The zero-order valence-corrected chi connectivity index (χ0v) is 15.2. The van der Waals surface area contributed by atoms with Gasteiger partial charge in [-0.3, -0.25) is 4.79 Å². The van der Waals surface area contributed by atoms with Gasteiger partial charge >= 0.3 is 0 Å². The molecule has 2 saturated heterocycles. The Morgan fingerprint density at radius 1 is 0.808 bits per heavy atom. The smallest absolute Gasteiger partial charge is 0.166 e. The zero-order valence-electron chi connectivity index (χ0n) is 14.4. The summed E-state index contributed by atoms with van der Waals surface area (Å²) in [7, 11) is -3.01. The van der Waals surface area contributed by atoms with Crippen molar-refractivity contribution in [1.29, 1.82) is 0 Å². The molecule has 2 bridgehead atoms. The lowest BCUT2D eigenvalue weighted by Gasteiger charge is -2.27. The van der Waals surface area contributed by atoms with Crippen molar-refractivity contribution in [1.82, 2.24) is 0 Å². The van der Waals surface area contributed by atoms with Gasteiger partial charge in [0.2, 0.25) is 0 Å².